The zero-order valence-electron chi connectivity index (χ0n) is 11.5. The van der Waals surface area contributed by atoms with Crippen molar-refractivity contribution in [3.8, 4) is 0 Å². The summed E-state index contributed by atoms with van der Waals surface area (Å²) >= 11 is 5.99. The van der Waals surface area contributed by atoms with Gasteiger partial charge in [0.2, 0.25) is 10.0 Å². The number of nitrogens with one attached hydrogen (secondary N) is 1. The van der Waals surface area contributed by atoms with Crippen LogP contribution in [0.1, 0.15) is 26.3 Å². The average Bonchev–Trinajstić information content (AvgIpc) is 2.27. The standard InChI is InChI=1S/C12H18ClN3O3S/c1-12(2,3)7-20(18,19)16-10-5-4-8(6-9(10)13)11(14)15-17/h4-6,16-17H,7H2,1-3H3,(H2,14,15). The van der Waals surface area contributed by atoms with Crippen LogP contribution in [0.5, 0.6) is 0 Å². The number of rotatable bonds is 4. The van der Waals surface area contributed by atoms with Gasteiger partial charge in [-0.3, -0.25) is 4.72 Å². The second-order valence-corrected chi connectivity index (χ2v) is 7.73. The molecule has 6 nitrogen and oxygen atoms in total. The highest BCUT2D eigenvalue weighted by Crippen LogP contribution is 2.25. The Kier molecular flexibility index (Phi) is 4.88. The van der Waals surface area contributed by atoms with Crippen LogP contribution in [-0.2, 0) is 10.0 Å². The first-order valence-electron chi connectivity index (χ1n) is 5.82. The highest BCUT2D eigenvalue weighted by atomic mass is 35.5. The summed E-state index contributed by atoms with van der Waals surface area (Å²) in [5.74, 6) is -0.130. The molecule has 4 N–H and O–H groups in total. The van der Waals surface area contributed by atoms with Crippen LogP contribution in [-0.4, -0.2) is 25.2 Å². The highest BCUT2D eigenvalue weighted by Gasteiger charge is 2.22. The summed E-state index contributed by atoms with van der Waals surface area (Å²) in [6.07, 6.45) is 0. The molecule has 0 bridgehead atoms. The average molecular weight is 320 g/mol. The van der Waals surface area contributed by atoms with Gasteiger partial charge in [-0.15, -0.1) is 0 Å². The van der Waals surface area contributed by atoms with Gasteiger partial charge in [0.1, 0.15) is 0 Å². The lowest BCUT2D eigenvalue weighted by atomic mass is 10.0. The Morgan fingerprint density at radius 2 is 2.05 bits per heavy atom. The van der Waals surface area contributed by atoms with E-state index in [0.29, 0.717) is 5.56 Å². The fourth-order valence-electron chi connectivity index (χ4n) is 1.59. The molecule has 0 amide bonds. The predicted octanol–water partition coefficient (Wildman–Crippen LogP) is 2.22. The SMILES string of the molecule is CC(C)(C)CS(=O)(=O)Nc1ccc(/C(N)=N/O)cc1Cl. The van der Waals surface area contributed by atoms with Crippen LogP contribution in [0.3, 0.4) is 0 Å². The molecule has 0 aliphatic heterocycles. The van der Waals surface area contributed by atoms with Crippen LogP contribution in [0, 0.1) is 5.41 Å². The normalized spacial score (nSPS) is 13.3. The number of hydrogen-bond acceptors (Lipinski definition) is 4. The molecular weight excluding hydrogens is 302 g/mol. The molecule has 1 aromatic rings. The number of anilines is 1. The van der Waals surface area contributed by atoms with Crippen molar-refractivity contribution < 1.29 is 13.6 Å². The molecule has 112 valence electrons. The molecule has 1 aromatic carbocycles. The summed E-state index contributed by atoms with van der Waals surface area (Å²) in [4.78, 5) is 0. The molecule has 0 unspecified atom stereocenters. The smallest absolute Gasteiger partial charge is 0.233 e. The molecule has 0 heterocycles. The number of sulfonamides is 1. The van der Waals surface area contributed by atoms with E-state index in [4.69, 9.17) is 22.5 Å². The number of nitrogens with two attached hydrogens (primary N) is 1. The zero-order valence-corrected chi connectivity index (χ0v) is 13.1. The molecule has 0 radical (unpaired) electrons. The minimum absolute atomic E-state index is 0.0294. The molecule has 0 spiro atoms. The van der Waals surface area contributed by atoms with E-state index in [0.717, 1.165) is 0 Å². The minimum Gasteiger partial charge on any atom is -0.409 e. The molecule has 0 aliphatic rings. The Bertz CT molecular complexity index is 621. The van der Waals surface area contributed by atoms with E-state index < -0.39 is 10.0 Å². The first-order chi connectivity index (χ1) is 9.04. The van der Waals surface area contributed by atoms with Crippen molar-refractivity contribution in [3.63, 3.8) is 0 Å². The lowest BCUT2D eigenvalue weighted by Gasteiger charge is -2.19. The van der Waals surface area contributed by atoms with Gasteiger partial charge < -0.3 is 10.9 Å². The monoisotopic (exact) mass is 319 g/mol. The first-order valence-corrected chi connectivity index (χ1v) is 7.85. The van der Waals surface area contributed by atoms with E-state index >= 15 is 0 Å². The van der Waals surface area contributed by atoms with Gasteiger partial charge >= 0.3 is 0 Å². The summed E-state index contributed by atoms with van der Waals surface area (Å²) in [5.41, 5.74) is 5.71. The van der Waals surface area contributed by atoms with Crippen molar-refractivity contribution in [2.24, 2.45) is 16.3 Å². The number of amidine groups is 1. The highest BCUT2D eigenvalue weighted by molar-refractivity contribution is 7.92. The van der Waals surface area contributed by atoms with E-state index in [1.165, 1.54) is 18.2 Å². The van der Waals surface area contributed by atoms with E-state index in [9.17, 15) is 8.42 Å². The molecule has 0 fully saturated rings. The number of oxime groups is 1. The fourth-order valence-corrected chi connectivity index (χ4v) is 3.60. The van der Waals surface area contributed by atoms with Crippen molar-refractivity contribution in [1.29, 1.82) is 0 Å². The molecule has 1 rings (SSSR count). The third-order valence-electron chi connectivity index (χ3n) is 2.26. The van der Waals surface area contributed by atoms with Crippen molar-refractivity contribution in [1.82, 2.24) is 0 Å². The van der Waals surface area contributed by atoms with Crippen LogP contribution < -0.4 is 10.5 Å². The number of benzene rings is 1. The zero-order chi connectivity index (χ0) is 15.6. The van der Waals surface area contributed by atoms with Crippen LogP contribution in [0.4, 0.5) is 5.69 Å². The van der Waals surface area contributed by atoms with Crippen LogP contribution in [0.25, 0.3) is 0 Å². The maximum atomic E-state index is 12.0. The lowest BCUT2D eigenvalue weighted by molar-refractivity contribution is 0.318. The van der Waals surface area contributed by atoms with Gasteiger partial charge in [0.05, 0.1) is 16.5 Å². The van der Waals surface area contributed by atoms with Crippen molar-refractivity contribution in [2.45, 2.75) is 20.8 Å². The second-order valence-electron chi connectivity index (χ2n) is 5.60. The van der Waals surface area contributed by atoms with Gasteiger partial charge in [-0.1, -0.05) is 37.5 Å². The largest absolute Gasteiger partial charge is 0.409 e. The maximum absolute atomic E-state index is 12.0. The van der Waals surface area contributed by atoms with Gasteiger partial charge in [0.15, 0.2) is 5.84 Å². The molecule has 0 aliphatic carbocycles. The predicted molar refractivity (Wildman–Crippen MR) is 80.8 cm³/mol. The van der Waals surface area contributed by atoms with Crippen LogP contribution in [0.15, 0.2) is 23.4 Å². The fraction of sp³-hybridized carbons (Fsp3) is 0.417. The number of hydrogen-bond donors (Lipinski definition) is 3. The Morgan fingerprint density at radius 3 is 2.50 bits per heavy atom. The third kappa shape index (κ3) is 4.90. The van der Waals surface area contributed by atoms with Gasteiger partial charge in [-0.25, -0.2) is 8.42 Å². The van der Waals surface area contributed by atoms with Gasteiger partial charge in [0.25, 0.3) is 0 Å². The minimum atomic E-state index is -3.50. The van der Waals surface area contributed by atoms with Crippen LogP contribution in [0.2, 0.25) is 5.02 Å². The van der Waals surface area contributed by atoms with Crippen molar-refractivity contribution in [3.05, 3.63) is 28.8 Å². The van der Waals surface area contributed by atoms with Gasteiger partial charge in [-0.2, -0.15) is 0 Å². The summed E-state index contributed by atoms with van der Waals surface area (Å²) in [5, 5.41) is 11.6. The summed E-state index contributed by atoms with van der Waals surface area (Å²) in [6.45, 7) is 5.49. The lowest BCUT2D eigenvalue weighted by Crippen LogP contribution is -2.26. The summed E-state index contributed by atoms with van der Waals surface area (Å²) in [7, 11) is -3.50. The van der Waals surface area contributed by atoms with Crippen molar-refractivity contribution >= 4 is 33.1 Å². The van der Waals surface area contributed by atoms with E-state index in [2.05, 4.69) is 9.88 Å². The maximum Gasteiger partial charge on any atom is 0.233 e. The molecule has 20 heavy (non-hydrogen) atoms. The quantitative estimate of drug-likeness (QED) is 0.342. The van der Waals surface area contributed by atoms with E-state index in [1.54, 1.807) is 0 Å². The van der Waals surface area contributed by atoms with E-state index in [-0.39, 0.29) is 27.7 Å². The summed E-state index contributed by atoms with van der Waals surface area (Å²) < 4.78 is 26.4. The Morgan fingerprint density at radius 1 is 1.45 bits per heavy atom. The van der Waals surface area contributed by atoms with Crippen LogP contribution >= 0.6 is 11.6 Å². The Balaban J connectivity index is 3.00. The third-order valence-corrected chi connectivity index (χ3v) is 4.35. The molecule has 0 saturated heterocycles. The molecule has 0 saturated carbocycles. The van der Waals surface area contributed by atoms with Gasteiger partial charge in [-0.05, 0) is 23.6 Å². The topological polar surface area (TPSA) is 105 Å². The summed E-state index contributed by atoms with van der Waals surface area (Å²) in [6, 6.07) is 4.40. The molecule has 0 atom stereocenters. The first kappa shape index (κ1) is 16.6. The number of halogens is 1. The molecule has 8 heteroatoms. The molecule has 0 aromatic heterocycles. The Labute approximate surface area is 123 Å². The van der Waals surface area contributed by atoms with Gasteiger partial charge in [0, 0.05) is 5.56 Å². The van der Waals surface area contributed by atoms with Crippen molar-refractivity contribution in [2.75, 3.05) is 10.5 Å². The molecular formula is C12H18ClN3O3S. The second kappa shape index (κ2) is 5.88. The number of nitrogens with zero attached hydrogens (tertiary/aromatic N) is 1. The Hall–Kier alpha value is -1.47. The van der Waals surface area contributed by atoms with E-state index in [1.807, 2.05) is 20.8 Å².